The second-order valence-electron chi connectivity index (χ2n) is 30.7. The third-order valence-corrected chi connectivity index (χ3v) is 21.7. The minimum absolute atomic E-state index is 0.0555. The molecule has 3 aliphatic heterocycles. The number of halogens is 6. The summed E-state index contributed by atoms with van der Waals surface area (Å²) in [7, 11) is 10.5. The number of nitrogens with zero attached hydrogens (tertiary/aromatic N) is 10. The van der Waals surface area contributed by atoms with E-state index in [1.807, 2.05) is 13.8 Å². The number of likely N-dealkylation sites (tertiary alicyclic amines) is 2. The molecule has 0 bridgehead atoms. The van der Waals surface area contributed by atoms with Crippen LogP contribution in [0.2, 0.25) is 5.02 Å². The average Bonchev–Trinajstić information content (AvgIpc) is 0.807. The molecule has 106 heavy (non-hydrogen) atoms. The summed E-state index contributed by atoms with van der Waals surface area (Å²) in [6.45, 7) is 11.4. The summed E-state index contributed by atoms with van der Waals surface area (Å²) in [5.41, 5.74) is -0.995. The predicted molar refractivity (Wildman–Crippen MR) is 386 cm³/mol. The Hall–Kier alpha value is -7.73. The number of aryl methyl sites for hydroxylation is 1. The molecule has 4 fully saturated rings. The first-order valence-corrected chi connectivity index (χ1v) is 37.6. The molecule has 1 saturated carbocycles. The first kappa shape index (κ1) is 88.9. The van der Waals surface area contributed by atoms with E-state index in [0.717, 1.165) is 85.2 Å². The first-order valence-electron chi connectivity index (χ1n) is 37.2. The number of likely N-dealkylation sites (N-methyl/N-ethyl adjacent to an activating group) is 8. The van der Waals surface area contributed by atoms with Crippen LogP contribution in [0.15, 0.2) is 18.2 Å². The van der Waals surface area contributed by atoms with E-state index in [-0.39, 0.29) is 36.7 Å². The van der Waals surface area contributed by atoms with Crippen molar-refractivity contribution < 1.29 is 84.3 Å². The molecular formula is C74H115ClF5N13O13. The van der Waals surface area contributed by atoms with Crippen LogP contribution >= 0.6 is 11.6 Å². The number of carbonyl (C=O) groups is 13. The van der Waals surface area contributed by atoms with E-state index in [4.69, 9.17) is 11.6 Å². The van der Waals surface area contributed by atoms with Gasteiger partial charge < -0.3 is 64.9 Å². The molecule has 1 unspecified atom stereocenters. The van der Waals surface area contributed by atoms with Crippen LogP contribution in [0.5, 0.6) is 0 Å². The zero-order chi connectivity index (χ0) is 79.7. The van der Waals surface area contributed by atoms with Crippen LogP contribution in [-0.4, -0.2) is 282 Å². The van der Waals surface area contributed by atoms with Crippen LogP contribution in [0.4, 0.5) is 22.0 Å². The number of nitrogens with one attached hydrogen (secondary N) is 3. The lowest BCUT2D eigenvalue weighted by Crippen LogP contribution is -2.62. The van der Waals surface area contributed by atoms with Crippen LogP contribution in [0.3, 0.4) is 0 Å². The third-order valence-electron chi connectivity index (χ3n) is 21.4. The lowest BCUT2D eigenvalue weighted by atomic mass is 9.84. The Balaban J connectivity index is 1.68. The van der Waals surface area contributed by atoms with Crippen molar-refractivity contribution in [2.45, 2.75) is 225 Å². The maximum absolute atomic E-state index is 15.4. The summed E-state index contributed by atoms with van der Waals surface area (Å²) < 4.78 is 71.0. The standard InChI is InChI=1S/C74H115ClF5N13O13/c1-17-47(8)63-70(104)86(11)42-60(97)84(9)43-61(98)88(13)55(38-48-24-20-18-21-25-48)68(102)85(10)41-57(94)81-52(29-27-49-26-28-50(51(75)37-49)74(78,79)80)67(101)89(14)54(39-59(96)92-34-30-73(76,77)31-35-92)66(100)82-62(45(4)5)71(105)91(16)64(46(6)7)72(106)90(15)56(69(103)93-32-22-19-23-33-93)40-58(95)87(12)53(36-44(2)3)65(99)83-63/h26,28,37,44-48,52-56,62-64H,17-25,27,29-36,38-43H2,1-16H3,(H,81,94)(H,82,100)(H,83,99)/t47-,52-,53-,54-,55-,56?,62-,63-,64-/m0/s1. The molecule has 0 aromatic heterocycles. The number of rotatable bonds is 14. The molecule has 32 heteroatoms. The SMILES string of the molecule is CC[C@H](C)[C@@H]1NC(=O)[C@H](CC(C)C)N(C)C(=O)CC(C(=O)N2CCCCC2)N(C)C(=O)[C@H](C(C)C)N(C)C(=O)[C@H](C(C)C)NC(=O)[C@H](CC(=O)N2CCC(F)(F)CC2)N(C)C(=O)[C@H](CCc2ccc(C(F)(F)F)c(Cl)c2)NC(=O)CN(C)C(=O)[C@H](CC2CCCCC2)N(C)C(=O)CN(C)C(=O)CN(C)C1=O. The maximum Gasteiger partial charge on any atom is 0.417 e. The molecule has 9 atom stereocenters. The van der Waals surface area contributed by atoms with Gasteiger partial charge in [0.25, 0.3) is 5.92 Å². The fourth-order valence-electron chi connectivity index (χ4n) is 14.3. The summed E-state index contributed by atoms with van der Waals surface area (Å²) >= 11 is 6.14. The van der Waals surface area contributed by atoms with Crippen molar-refractivity contribution in [3.05, 3.63) is 34.3 Å². The van der Waals surface area contributed by atoms with Gasteiger partial charge in [0, 0.05) is 95.4 Å². The van der Waals surface area contributed by atoms with Gasteiger partial charge in [0.2, 0.25) is 76.8 Å². The van der Waals surface area contributed by atoms with Crippen molar-refractivity contribution in [2.24, 2.45) is 29.6 Å². The Bertz CT molecular complexity index is 3290. The summed E-state index contributed by atoms with van der Waals surface area (Å²) in [5, 5.41) is 7.49. The van der Waals surface area contributed by atoms with Gasteiger partial charge in [0.1, 0.15) is 48.3 Å². The van der Waals surface area contributed by atoms with E-state index in [1.54, 1.807) is 46.4 Å². The average molecular weight is 1530 g/mol. The number of amides is 13. The maximum atomic E-state index is 15.4. The molecular weight excluding hydrogens is 1410 g/mol. The molecule has 3 saturated heterocycles. The topological polar surface area (TPSA) is 290 Å². The highest BCUT2D eigenvalue weighted by molar-refractivity contribution is 6.31. The van der Waals surface area contributed by atoms with Crippen LogP contribution < -0.4 is 16.0 Å². The van der Waals surface area contributed by atoms with E-state index in [0.29, 0.717) is 45.2 Å². The number of hydrogen-bond acceptors (Lipinski definition) is 13. The number of benzene rings is 1. The molecule has 1 aromatic carbocycles. The van der Waals surface area contributed by atoms with E-state index in [9.17, 15) is 65.1 Å². The van der Waals surface area contributed by atoms with Crippen molar-refractivity contribution in [3.8, 4) is 0 Å². The predicted octanol–water partition coefficient (Wildman–Crippen LogP) is 5.69. The van der Waals surface area contributed by atoms with Crippen molar-refractivity contribution in [1.82, 2.24) is 64.9 Å². The highest BCUT2D eigenvalue weighted by Gasteiger charge is 2.46. The van der Waals surface area contributed by atoms with Gasteiger partial charge in [-0.2, -0.15) is 13.2 Å². The summed E-state index contributed by atoms with van der Waals surface area (Å²) in [4.78, 5) is 204. The molecule has 3 heterocycles. The number of hydrogen-bond donors (Lipinski definition) is 3. The Morgan fingerprint density at radius 2 is 1.13 bits per heavy atom. The molecule has 13 amide bonds. The third kappa shape index (κ3) is 24.1. The van der Waals surface area contributed by atoms with Crippen LogP contribution in [-0.2, 0) is 74.9 Å². The molecule has 0 spiro atoms. The fourth-order valence-corrected chi connectivity index (χ4v) is 14.6. The molecule has 4 aliphatic rings. The molecule has 0 radical (unpaired) electrons. The molecule has 26 nitrogen and oxygen atoms in total. The van der Waals surface area contributed by atoms with Gasteiger partial charge in [-0.15, -0.1) is 0 Å². The highest BCUT2D eigenvalue weighted by atomic mass is 35.5. The molecule has 3 N–H and O–H groups in total. The number of alkyl halides is 5. The minimum atomic E-state index is -4.85. The molecule has 5 rings (SSSR count). The zero-order valence-corrected chi connectivity index (χ0v) is 65.5. The van der Waals surface area contributed by atoms with Gasteiger partial charge in [-0.25, -0.2) is 8.78 Å². The van der Waals surface area contributed by atoms with Crippen molar-refractivity contribution in [1.29, 1.82) is 0 Å². The second-order valence-corrected chi connectivity index (χ2v) is 31.1. The van der Waals surface area contributed by atoms with Gasteiger partial charge in [0.15, 0.2) is 0 Å². The monoisotopic (exact) mass is 1520 g/mol. The second kappa shape index (κ2) is 39.4. The Morgan fingerprint density at radius 1 is 0.575 bits per heavy atom. The van der Waals surface area contributed by atoms with E-state index >= 15 is 19.2 Å². The largest absolute Gasteiger partial charge is 0.417 e. The fraction of sp³-hybridized carbons (Fsp3) is 0.743. The van der Waals surface area contributed by atoms with Crippen LogP contribution in [0, 0.1) is 29.6 Å². The van der Waals surface area contributed by atoms with Gasteiger partial charge in [0.05, 0.1) is 43.1 Å². The first-order chi connectivity index (χ1) is 49.4. The Labute approximate surface area is 626 Å². The van der Waals surface area contributed by atoms with Gasteiger partial charge in [-0.05, 0) is 92.2 Å². The van der Waals surface area contributed by atoms with Crippen molar-refractivity contribution in [2.75, 3.05) is 102 Å². The Kier molecular flexibility index (Phi) is 33.0. The van der Waals surface area contributed by atoms with Gasteiger partial charge >= 0.3 is 6.18 Å². The lowest BCUT2D eigenvalue weighted by Gasteiger charge is -2.40. The smallest absolute Gasteiger partial charge is 0.343 e. The van der Waals surface area contributed by atoms with Crippen LogP contribution in [0.25, 0.3) is 0 Å². The normalized spacial score (nSPS) is 25.6. The zero-order valence-electron chi connectivity index (χ0n) is 64.8. The highest BCUT2D eigenvalue weighted by Crippen LogP contribution is 2.36. The molecule has 596 valence electrons. The van der Waals surface area contributed by atoms with E-state index in [2.05, 4.69) is 16.0 Å². The van der Waals surface area contributed by atoms with Crippen molar-refractivity contribution >= 4 is 88.4 Å². The molecule has 1 aromatic rings. The number of carbonyl (C=O) groups excluding carboxylic acids is 13. The minimum Gasteiger partial charge on any atom is -0.343 e. The van der Waals surface area contributed by atoms with Crippen LogP contribution in [0.1, 0.15) is 169 Å². The summed E-state index contributed by atoms with van der Waals surface area (Å²) in [6.07, 6.45) is -1.82. The quantitative estimate of drug-likeness (QED) is 0.189. The lowest BCUT2D eigenvalue weighted by molar-refractivity contribution is -0.155. The summed E-state index contributed by atoms with van der Waals surface area (Å²) in [5.74, 6) is -16.0. The Morgan fingerprint density at radius 3 is 1.69 bits per heavy atom. The van der Waals surface area contributed by atoms with Gasteiger partial charge in [-0.1, -0.05) is 112 Å². The van der Waals surface area contributed by atoms with Gasteiger partial charge in [-0.3, -0.25) is 62.3 Å². The summed E-state index contributed by atoms with van der Waals surface area (Å²) in [6, 6.07) is -8.98. The molecule has 1 aliphatic carbocycles. The van der Waals surface area contributed by atoms with E-state index < -0.39 is 230 Å². The number of piperidine rings is 2. The van der Waals surface area contributed by atoms with Crippen molar-refractivity contribution in [3.63, 3.8) is 0 Å². The van der Waals surface area contributed by atoms with E-state index in [1.165, 1.54) is 59.1 Å².